The number of halogens is 5. The van der Waals surface area contributed by atoms with Crippen LogP contribution >= 0.6 is 11.6 Å². The van der Waals surface area contributed by atoms with E-state index in [0.29, 0.717) is 5.56 Å². The van der Waals surface area contributed by atoms with Crippen LogP contribution < -0.4 is 20.6 Å². The van der Waals surface area contributed by atoms with E-state index in [9.17, 15) is 32.4 Å². The molecule has 210 valence electrons. The Morgan fingerprint density at radius 1 is 1.17 bits per heavy atom. The predicted molar refractivity (Wildman–Crippen MR) is 139 cm³/mol. The molecular weight excluding hydrogens is 570 g/mol. The second-order valence-electron chi connectivity index (χ2n) is 8.59. The highest BCUT2D eigenvalue weighted by Gasteiger charge is 2.39. The first kappa shape index (κ1) is 29.0. The van der Waals surface area contributed by atoms with E-state index in [1.54, 1.807) is 0 Å². The van der Waals surface area contributed by atoms with Crippen LogP contribution in [-0.4, -0.2) is 26.1 Å². The molecule has 0 aliphatic rings. The van der Waals surface area contributed by atoms with Gasteiger partial charge in [-0.15, -0.1) is 0 Å². The van der Waals surface area contributed by atoms with Crippen LogP contribution in [-0.2, 0) is 12.5 Å². The van der Waals surface area contributed by atoms with E-state index in [-0.39, 0.29) is 33.5 Å². The number of rotatable bonds is 9. The second-order valence-corrected chi connectivity index (χ2v) is 9.03. The van der Waals surface area contributed by atoms with Gasteiger partial charge < -0.3 is 14.5 Å². The predicted octanol–water partition coefficient (Wildman–Crippen LogP) is 5.63. The summed E-state index contributed by atoms with van der Waals surface area (Å²) in [5, 5.41) is 9.25. The van der Waals surface area contributed by atoms with E-state index < -0.39 is 47.2 Å². The largest absolute Gasteiger partial charge is 0.449 e. The molecule has 9 nitrogen and oxygen atoms in total. The third-order valence-electron chi connectivity index (χ3n) is 5.62. The zero-order valence-electron chi connectivity index (χ0n) is 21.0. The van der Waals surface area contributed by atoms with Gasteiger partial charge >= 0.3 is 12.5 Å². The molecule has 0 radical (unpaired) electrons. The number of H-pyrrole nitrogens is 1. The first-order valence-corrected chi connectivity index (χ1v) is 11.9. The molecule has 1 N–H and O–H groups in total. The fourth-order valence-corrected chi connectivity index (χ4v) is 3.79. The van der Waals surface area contributed by atoms with Crippen LogP contribution in [0, 0.1) is 11.3 Å². The summed E-state index contributed by atoms with van der Waals surface area (Å²) in [7, 11) is 0. The van der Waals surface area contributed by atoms with Crippen LogP contribution in [0.25, 0.3) is 11.4 Å². The van der Waals surface area contributed by atoms with E-state index in [0.717, 1.165) is 24.0 Å². The Hall–Kier alpha value is -4.96. The summed E-state index contributed by atoms with van der Waals surface area (Å²) < 4.78 is 65.4. The number of ether oxygens (including phenoxy) is 2. The van der Waals surface area contributed by atoms with Crippen molar-refractivity contribution in [1.82, 2.24) is 19.5 Å². The van der Waals surface area contributed by atoms with Crippen molar-refractivity contribution in [3.63, 3.8) is 0 Å². The molecule has 0 amide bonds. The molecule has 0 unspecified atom stereocenters. The molecule has 0 aliphatic carbocycles. The average molecular weight is 588 g/mol. The number of hydrogen-bond acceptors (Lipinski definition) is 7. The van der Waals surface area contributed by atoms with Crippen molar-refractivity contribution < 1.29 is 27.0 Å². The second kappa shape index (κ2) is 11.6. The number of aromatic amines is 1. The minimum absolute atomic E-state index is 0.0322. The van der Waals surface area contributed by atoms with E-state index >= 15 is 0 Å². The number of alkyl halides is 4. The molecule has 4 aromatic rings. The zero-order valence-corrected chi connectivity index (χ0v) is 21.8. The molecule has 4 rings (SSSR count). The van der Waals surface area contributed by atoms with Gasteiger partial charge in [0, 0.05) is 16.8 Å². The molecule has 0 saturated carbocycles. The van der Waals surface area contributed by atoms with Crippen LogP contribution in [0.3, 0.4) is 0 Å². The van der Waals surface area contributed by atoms with Gasteiger partial charge in [0.25, 0.3) is 11.1 Å². The van der Waals surface area contributed by atoms with Gasteiger partial charge in [0.1, 0.15) is 17.3 Å². The molecule has 14 heteroatoms. The number of nitriles is 1. The van der Waals surface area contributed by atoms with Gasteiger partial charge in [-0.25, -0.2) is 9.97 Å². The molecule has 2 heterocycles. The number of benzene rings is 2. The van der Waals surface area contributed by atoms with Gasteiger partial charge in [0.05, 0.1) is 30.1 Å². The highest BCUT2D eigenvalue weighted by atomic mass is 35.5. The van der Waals surface area contributed by atoms with Gasteiger partial charge in [-0.3, -0.25) is 14.2 Å². The maximum absolute atomic E-state index is 15.0. The summed E-state index contributed by atoms with van der Waals surface area (Å²) in [6, 6.07) is 10.9. The van der Waals surface area contributed by atoms with Crippen molar-refractivity contribution in [3.05, 3.63) is 110 Å². The van der Waals surface area contributed by atoms with Crippen LogP contribution in [0.15, 0.2) is 76.7 Å². The van der Waals surface area contributed by atoms with Gasteiger partial charge in [-0.1, -0.05) is 18.2 Å². The molecule has 2 aromatic heterocycles. The highest BCUT2D eigenvalue weighted by Crippen LogP contribution is 2.38. The fourth-order valence-electron chi connectivity index (χ4n) is 3.56. The van der Waals surface area contributed by atoms with Crippen LogP contribution in [0.5, 0.6) is 17.2 Å². The quantitative estimate of drug-likeness (QED) is 0.199. The molecule has 0 atom stereocenters. The molecule has 2 aromatic carbocycles. The van der Waals surface area contributed by atoms with Crippen LogP contribution in [0.1, 0.15) is 23.7 Å². The summed E-state index contributed by atoms with van der Waals surface area (Å²) in [6.45, 7) is 0.891. The molecule has 0 aliphatic heterocycles. The standard InChI is InChI=1S/C27H18ClF4N5O4/c1-14(2)27(31,32)22-21(40-20-8-15(10-33)7-18(28)9-20)25(39)37(13-35-22)12-17-11-34-23(36-24(17)38)16-3-5-19(6-4-16)41-26(29)30/h3-9,11,13,26H,1,12H2,2H3,(H,34,36,38). The van der Waals surface area contributed by atoms with E-state index in [4.69, 9.17) is 16.3 Å². The normalized spacial score (nSPS) is 11.3. The highest BCUT2D eigenvalue weighted by molar-refractivity contribution is 6.30. The van der Waals surface area contributed by atoms with Crippen LogP contribution in [0.2, 0.25) is 5.02 Å². The summed E-state index contributed by atoms with van der Waals surface area (Å²) in [4.78, 5) is 36.5. The van der Waals surface area contributed by atoms with Gasteiger partial charge in [-0.2, -0.15) is 22.8 Å². The zero-order chi connectivity index (χ0) is 29.9. The van der Waals surface area contributed by atoms with Crippen molar-refractivity contribution in [2.75, 3.05) is 0 Å². The molecule has 0 bridgehead atoms. The van der Waals surface area contributed by atoms with Crippen molar-refractivity contribution in [2.24, 2.45) is 0 Å². The number of hydrogen-bond donors (Lipinski definition) is 1. The van der Waals surface area contributed by atoms with Crippen molar-refractivity contribution in [3.8, 4) is 34.7 Å². The van der Waals surface area contributed by atoms with Gasteiger partial charge in [-0.05, 0) is 55.0 Å². The lowest BCUT2D eigenvalue weighted by atomic mass is 10.1. The lowest BCUT2D eigenvalue weighted by molar-refractivity contribution is -0.0498. The average Bonchev–Trinajstić information content (AvgIpc) is 2.91. The maximum atomic E-state index is 15.0. The van der Waals surface area contributed by atoms with E-state index in [1.807, 2.05) is 6.07 Å². The minimum Gasteiger partial charge on any atom is -0.449 e. The maximum Gasteiger partial charge on any atom is 0.387 e. The van der Waals surface area contributed by atoms with Crippen molar-refractivity contribution in [2.45, 2.75) is 26.0 Å². The smallest absolute Gasteiger partial charge is 0.387 e. The number of nitrogens with zero attached hydrogens (tertiary/aromatic N) is 4. The molecule has 0 spiro atoms. The lowest BCUT2D eigenvalue weighted by Crippen LogP contribution is -2.30. The molecule has 0 saturated heterocycles. The van der Waals surface area contributed by atoms with Crippen LogP contribution in [0.4, 0.5) is 17.6 Å². The van der Waals surface area contributed by atoms with Crippen molar-refractivity contribution >= 4 is 11.6 Å². The summed E-state index contributed by atoms with van der Waals surface area (Å²) in [5.74, 6) is -4.78. The first-order valence-electron chi connectivity index (χ1n) is 11.5. The molecule has 41 heavy (non-hydrogen) atoms. The SMILES string of the molecule is C=C(C)C(F)(F)c1ncn(Cc2cnc(-c3ccc(OC(F)F)cc3)[nH]c2=O)c(=O)c1Oc1cc(Cl)cc(C#N)c1. The fraction of sp³-hybridized carbons (Fsp3) is 0.148. The third kappa shape index (κ3) is 6.44. The summed E-state index contributed by atoms with van der Waals surface area (Å²) >= 11 is 5.98. The Kier molecular flexibility index (Phi) is 8.25. The summed E-state index contributed by atoms with van der Waals surface area (Å²) in [5.41, 5.74) is -2.95. The van der Waals surface area contributed by atoms with Gasteiger partial charge in [0.15, 0.2) is 5.69 Å². The molecular formula is C27H18ClF4N5O4. The monoisotopic (exact) mass is 587 g/mol. The van der Waals surface area contributed by atoms with E-state index in [1.165, 1.54) is 42.5 Å². The number of nitrogens with one attached hydrogen (secondary N) is 1. The Labute approximate surface area is 233 Å². The Morgan fingerprint density at radius 3 is 2.49 bits per heavy atom. The minimum atomic E-state index is -3.76. The topological polar surface area (TPSA) is 123 Å². The number of aromatic nitrogens is 4. The van der Waals surface area contributed by atoms with Crippen molar-refractivity contribution in [1.29, 1.82) is 5.26 Å². The summed E-state index contributed by atoms with van der Waals surface area (Å²) in [6.07, 6.45) is 1.99. The first-order chi connectivity index (χ1) is 19.4. The molecule has 0 fully saturated rings. The Balaban J connectivity index is 1.71. The third-order valence-corrected chi connectivity index (χ3v) is 5.84. The lowest BCUT2D eigenvalue weighted by Gasteiger charge is -2.20. The Bertz CT molecular complexity index is 1780. The van der Waals surface area contributed by atoms with E-state index in [2.05, 4.69) is 26.3 Å². The Morgan fingerprint density at radius 2 is 1.88 bits per heavy atom. The van der Waals surface area contributed by atoms with Gasteiger partial charge in [0.2, 0.25) is 5.75 Å². The number of allylic oxidation sites excluding steroid dienone is 1.